The number of nitrogens with zero attached hydrogens (tertiary/aromatic N) is 2. The van der Waals surface area contributed by atoms with E-state index in [2.05, 4.69) is 10.4 Å². The number of benzene rings is 1. The second kappa shape index (κ2) is 6.75. The number of nitrogens with one attached hydrogen (secondary N) is 1. The molecule has 0 spiro atoms. The van der Waals surface area contributed by atoms with Crippen LogP contribution < -0.4 is 10.1 Å². The highest BCUT2D eigenvalue weighted by Crippen LogP contribution is 2.15. The first-order valence-corrected chi connectivity index (χ1v) is 6.70. The summed E-state index contributed by atoms with van der Waals surface area (Å²) in [7, 11) is 0. The summed E-state index contributed by atoms with van der Waals surface area (Å²) in [6, 6.07) is 9.28. The number of carbonyl (C=O) groups is 1. The average molecular weight is 273 g/mol. The molecule has 2 aromatic rings. The normalized spacial score (nSPS) is 10.3. The molecule has 0 fully saturated rings. The van der Waals surface area contributed by atoms with Gasteiger partial charge in [0, 0.05) is 24.8 Å². The first kappa shape index (κ1) is 14.1. The number of aryl methyl sites for hydroxylation is 2. The molecular formula is C15H19N3O2. The van der Waals surface area contributed by atoms with Crippen LogP contribution in [0.15, 0.2) is 36.5 Å². The molecular weight excluding hydrogens is 254 g/mol. The second-order valence-corrected chi connectivity index (χ2v) is 4.48. The van der Waals surface area contributed by atoms with Crippen LogP contribution in [0.3, 0.4) is 0 Å². The molecule has 0 aliphatic rings. The number of rotatable bonds is 6. The Balaban J connectivity index is 1.81. The molecule has 106 valence electrons. The molecule has 0 bridgehead atoms. The first-order valence-electron chi connectivity index (χ1n) is 6.70. The Hall–Kier alpha value is -2.30. The van der Waals surface area contributed by atoms with Gasteiger partial charge in [0.1, 0.15) is 5.75 Å². The molecule has 1 heterocycles. The van der Waals surface area contributed by atoms with Gasteiger partial charge in [-0.15, -0.1) is 0 Å². The fourth-order valence-electron chi connectivity index (χ4n) is 1.83. The standard InChI is InChI=1S/C15H19N3O2/c1-3-20-14-6-4-13(5-7-14)16-15(19)9-11-18-10-8-12(2)17-18/h4-8,10H,3,9,11H2,1-2H3,(H,16,19). The van der Waals surface area contributed by atoms with Crippen molar-refractivity contribution in [3.05, 3.63) is 42.2 Å². The van der Waals surface area contributed by atoms with Gasteiger partial charge in [-0.25, -0.2) is 0 Å². The minimum atomic E-state index is -0.0256. The highest BCUT2D eigenvalue weighted by Gasteiger charge is 2.04. The van der Waals surface area contributed by atoms with E-state index >= 15 is 0 Å². The van der Waals surface area contributed by atoms with Crippen molar-refractivity contribution in [2.45, 2.75) is 26.8 Å². The van der Waals surface area contributed by atoms with E-state index in [1.165, 1.54) is 0 Å². The minimum absolute atomic E-state index is 0.0256. The highest BCUT2D eigenvalue weighted by molar-refractivity contribution is 5.90. The van der Waals surface area contributed by atoms with Crippen LogP contribution in [-0.2, 0) is 11.3 Å². The Morgan fingerprint density at radius 3 is 2.65 bits per heavy atom. The SMILES string of the molecule is CCOc1ccc(NC(=O)CCn2ccc(C)n2)cc1. The average Bonchev–Trinajstić information content (AvgIpc) is 2.85. The topological polar surface area (TPSA) is 56.1 Å². The van der Waals surface area contributed by atoms with Gasteiger partial charge in [-0.2, -0.15) is 5.10 Å². The van der Waals surface area contributed by atoms with Gasteiger partial charge < -0.3 is 10.1 Å². The molecule has 0 radical (unpaired) electrons. The van der Waals surface area contributed by atoms with Gasteiger partial charge in [0.05, 0.1) is 12.3 Å². The molecule has 0 aliphatic heterocycles. The lowest BCUT2D eigenvalue weighted by molar-refractivity contribution is -0.116. The number of carbonyl (C=O) groups excluding carboxylic acids is 1. The van der Waals surface area contributed by atoms with Crippen LogP contribution in [0.2, 0.25) is 0 Å². The van der Waals surface area contributed by atoms with Crippen LogP contribution in [0, 0.1) is 6.92 Å². The van der Waals surface area contributed by atoms with Gasteiger partial charge >= 0.3 is 0 Å². The van der Waals surface area contributed by atoms with Crippen LogP contribution in [0.1, 0.15) is 19.0 Å². The van der Waals surface area contributed by atoms with Crippen molar-refractivity contribution in [3.8, 4) is 5.75 Å². The van der Waals surface area contributed by atoms with Crippen molar-refractivity contribution in [1.82, 2.24) is 9.78 Å². The Bertz CT molecular complexity index is 561. The van der Waals surface area contributed by atoms with Crippen molar-refractivity contribution in [2.24, 2.45) is 0 Å². The summed E-state index contributed by atoms with van der Waals surface area (Å²) in [4.78, 5) is 11.8. The monoisotopic (exact) mass is 273 g/mol. The summed E-state index contributed by atoms with van der Waals surface area (Å²) >= 11 is 0. The summed E-state index contributed by atoms with van der Waals surface area (Å²) in [5.41, 5.74) is 1.73. The lowest BCUT2D eigenvalue weighted by Gasteiger charge is -2.07. The minimum Gasteiger partial charge on any atom is -0.494 e. The zero-order valence-corrected chi connectivity index (χ0v) is 11.8. The maximum atomic E-state index is 11.8. The fourth-order valence-corrected chi connectivity index (χ4v) is 1.83. The number of hydrogen-bond acceptors (Lipinski definition) is 3. The first-order chi connectivity index (χ1) is 9.67. The highest BCUT2D eigenvalue weighted by atomic mass is 16.5. The van der Waals surface area contributed by atoms with Crippen molar-refractivity contribution in [1.29, 1.82) is 0 Å². The van der Waals surface area contributed by atoms with E-state index in [1.54, 1.807) is 4.68 Å². The predicted molar refractivity (Wildman–Crippen MR) is 77.8 cm³/mol. The molecule has 5 nitrogen and oxygen atoms in total. The lowest BCUT2D eigenvalue weighted by Crippen LogP contribution is -2.14. The van der Waals surface area contributed by atoms with Crippen LogP contribution in [0.4, 0.5) is 5.69 Å². The Kier molecular flexibility index (Phi) is 4.76. The molecule has 1 N–H and O–H groups in total. The van der Waals surface area contributed by atoms with E-state index in [4.69, 9.17) is 4.74 Å². The van der Waals surface area contributed by atoms with E-state index in [0.717, 1.165) is 17.1 Å². The van der Waals surface area contributed by atoms with Crippen LogP contribution >= 0.6 is 0 Å². The summed E-state index contributed by atoms with van der Waals surface area (Å²) in [5, 5.41) is 7.09. The fraction of sp³-hybridized carbons (Fsp3) is 0.333. The summed E-state index contributed by atoms with van der Waals surface area (Å²) in [6.07, 6.45) is 2.27. The summed E-state index contributed by atoms with van der Waals surface area (Å²) in [6.45, 7) is 5.08. The third kappa shape index (κ3) is 4.12. The van der Waals surface area contributed by atoms with Crippen LogP contribution in [0.5, 0.6) is 5.75 Å². The third-order valence-electron chi connectivity index (χ3n) is 2.79. The predicted octanol–water partition coefficient (Wildman–Crippen LogP) is 2.62. The Morgan fingerprint density at radius 1 is 1.30 bits per heavy atom. The van der Waals surface area contributed by atoms with Gasteiger partial charge in [0.15, 0.2) is 0 Å². The number of hydrogen-bond donors (Lipinski definition) is 1. The Labute approximate surface area is 118 Å². The Morgan fingerprint density at radius 2 is 2.05 bits per heavy atom. The quantitative estimate of drug-likeness (QED) is 0.880. The number of anilines is 1. The number of ether oxygens (including phenoxy) is 1. The second-order valence-electron chi connectivity index (χ2n) is 4.48. The largest absolute Gasteiger partial charge is 0.494 e. The van der Waals surface area contributed by atoms with E-state index < -0.39 is 0 Å². The lowest BCUT2D eigenvalue weighted by atomic mass is 10.3. The maximum absolute atomic E-state index is 11.8. The molecule has 1 aromatic carbocycles. The summed E-state index contributed by atoms with van der Waals surface area (Å²) < 4.78 is 7.12. The van der Waals surface area contributed by atoms with Crippen LogP contribution in [-0.4, -0.2) is 22.3 Å². The summed E-state index contributed by atoms with van der Waals surface area (Å²) in [5.74, 6) is 0.778. The molecule has 20 heavy (non-hydrogen) atoms. The van der Waals surface area contributed by atoms with Gasteiger partial charge in [-0.3, -0.25) is 9.48 Å². The van der Waals surface area contributed by atoms with Crippen molar-refractivity contribution < 1.29 is 9.53 Å². The van der Waals surface area contributed by atoms with E-state index in [-0.39, 0.29) is 5.91 Å². The molecule has 0 saturated heterocycles. The van der Waals surface area contributed by atoms with E-state index in [1.807, 2.05) is 50.4 Å². The van der Waals surface area contributed by atoms with E-state index in [9.17, 15) is 4.79 Å². The number of amides is 1. The third-order valence-corrected chi connectivity index (χ3v) is 2.79. The van der Waals surface area contributed by atoms with Crippen molar-refractivity contribution in [2.75, 3.05) is 11.9 Å². The molecule has 0 aliphatic carbocycles. The molecule has 1 amide bonds. The molecule has 2 rings (SSSR count). The maximum Gasteiger partial charge on any atom is 0.226 e. The smallest absolute Gasteiger partial charge is 0.226 e. The molecule has 1 aromatic heterocycles. The van der Waals surface area contributed by atoms with Gasteiger partial charge in [0.2, 0.25) is 5.91 Å². The number of aromatic nitrogens is 2. The molecule has 5 heteroatoms. The van der Waals surface area contributed by atoms with E-state index in [0.29, 0.717) is 19.6 Å². The van der Waals surface area contributed by atoms with Crippen molar-refractivity contribution in [3.63, 3.8) is 0 Å². The van der Waals surface area contributed by atoms with Gasteiger partial charge in [0.25, 0.3) is 0 Å². The molecule has 0 atom stereocenters. The zero-order valence-electron chi connectivity index (χ0n) is 11.8. The molecule has 0 unspecified atom stereocenters. The van der Waals surface area contributed by atoms with Gasteiger partial charge in [-0.1, -0.05) is 0 Å². The van der Waals surface area contributed by atoms with Crippen molar-refractivity contribution >= 4 is 11.6 Å². The van der Waals surface area contributed by atoms with Crippen LogP contribution in [0.25, 0.3) is 0 Å². The zero-order chi connectivity index (χ0) is 14.4. The van der Waals surface area contributed by atoms with Gasteiger partial charge in [-0.05, 0) is 44.2 Å². The molecule has 0 saturated carbocycles.